The summed E-state index contributed by atoms with van der Waals surface area (Å²) >= 11 is 12.7. The largest absolute Gasteiger partial charge is 0.282 e. The number of hydrogen-bond acceptors (Lipinski definition) is 3. The molecule has 86 valence electrons. The van der Waals surface area contributed by atoms with Gasteiger partial charge in [0.2, 0.25) is 5.13 Å². The van der Waals surface area contributed by atoms with Crippen LogP contribution in [0.2, 0.25) is 5.15 Å². The molecular formula is C8H5Cl2F2N3S. The minimum Gasteiger partial charge on any atom is -0.227 e. The Morgan fingerprint density at radius 2 is 2.25 bits per heavy atom. The van der Waals surface area contributed by atoms with E-state index in [1.165, 1.54) is 16.0 Å². The van der Waals surface area contributed by atoms with Crippen LogP contribution in [0.25, 0.3) is 5.13 Å². The fourth-order valence-electron chi connectivity index (χ4n) is 1.19. The van der Waals surface area contributed by atoms with Gasteiger partial charge in [0, 0.05) is 17.1 Å². The fraction of sp³-hybridized carbons (Fsp3) is 0.250. The SMILES string of the molecule is FC(F)c1nn(-c2nccs2)c(Cl)c1CCl. The van der Waals surface area contributed by atoms with Crippen molar-refractivity contribution in [3.05, 3.63) is 28.0 Å². The van der Waals surface area contributed by atoms with Crippen molar-refractivity contribution < 1.29 is 8.78 Å². The average molecular weight is 284 g/mol. The van der Waals surface area contributed by atoms with E-state index in [9.17, 15) is 8.78 Å². The molecule has 0 radical (unpaired) electrons. The van der Waals surface area contributed by atoms with E-state index in [4.69, 9.17) is 23.2 Å². The van der Waals surface area contributed by atoms with Crippen molar-refractivity contribution >= 4 is 34.5 Å². The van der Waals surface area contributed by atoms with E-state index in [-0.39, 0.29) is 16.6 Å². The van der Waals surface area contributed by atoms with Crippen LogP contribution >= 0.6 is 34.5 Å². The topological polar surface area (TPSA) is 30.7 Å². The van der Waals surface area contributed by atoms with Crippen molar-refractivity contribution in [3.8, 4) is 5.13 Å². The van der Waals surface area contributed by atoms with E-state index in [2.05, 4.69) is 10.1 Å². The number of hydrogen-bond donors (Lipinski definition) is 0. The van der Waals surface area contributed by atoms with Crippen LogP contribution in [0.1, 0.15) is 17.7 Å². The van der Waals surface area contributed by atoms with Gasteiger partial charge in [-0.2, -0.15) is 9.78 Å². The first-order chi connectivity index (χ1) is 7.65. The van der Waals surface area contributed by atoms with Crippen LogP contribution in [0, 0.1) is 0 Å². The van der Waals surface area contributed by atoms with E-state index >= 15 is 0 Å². The standard InChI is InChI=1S/C8H5Cl2F2N3S/c9-3-4-5(7(11)12)14-15(6(4)10)8-13-1-2-16-8/h1-2,7H,3H2. The average Bonchev–Trinajstić information content (AvgIpc) is 2.84. The second-order valence-electron chi connectivity index (χ2n) is 2.82. The maximum Gasteiger partial charge on any atom is 0.282 e. The number of nitrogens with zero attached hydrogens (tertiary/aromatic N) is 3. The fourth-order valence-corrected chi connectivity index (χ4v) is 2.45. The zero-order valence-electron chi connectivity index (χ0n) is 7.70. The molecule has 3 nitrogen and oxygen atoms in total. The number of thiazole rings is 1. The molecule has 2 rings (SSSR count). The number of alkyl halides is 3. The second-order valence-corrected chi connectivity index (χ2v) is 4.31. The van der Waals surface area contributed by atoms with E-state index in [0.717, 1.165) is 0 Å². The van der Waals surface area contributed by atoms with Crippen LogP contribution in [0.3, 0.4) is 0 Å². The quantitative estimate of drug-likeness (QED) is 0.805. The maximum absolute atomic E-state index is 12.6. The first-order valence-electron chi connectivity index (χ1n) is 4.16. The van der Waals surface area contributed by atoms with Gasteiger partial charge in [0.1, 0.15) is 10.8 Å². The second kappa shape index (κ2) is 4.65. The third kappa shape index (κ3) is 1.92. The van der Waals surface area contributed by atoms with Crippen LogP contribution in [0.5, 0.6) is 0 Å². The van der Waals surface area contributed by atoms with Gasteiger partial charge >= 0.3 is 0 Å². The Kier molecular flexibility index (Phi) is 3.41. The normalized spacial score (nSPS) is 11.3. The Balaban J connectivity index is 2.56. The Morgan fingerprint density at radius 3 is 2.69 bits per heavy atom. The number of rotatable bonds is 3. The highest BCUT2D eigenvalue weighted by Crippen LogP contribution is 2.31. The lowest BCUT2D eigenvalue weighted by atomic mass is 10.3. The molecule has 0 aliphatic rings. The van der Waals surface area contributed by atoms with Gasteiger partial charge < -0.3 is 0 Å². The van der Waals surface area contributed by atoms with Crippen LogP contribution in [-0.2, 0) is 5.88 Å². The Morgan fingerprint density at radius 1 is 1.50 bits per heavy atom. The summed E-state index contributed by atoms with van der Waals surface area (Å²) in [5.74, 6) is -0.107. The Bertz CT molecular complexity index is 484. The van der Waals surface area contributed by atoms with Gasteiger partial charge in [-0.25, -0.2) is 13.8 Å². The minimum absolute atomic E-state index is 0.0836. The van der Waals surface area contributed by atoms with E-state index in [1.807, 2.05) is 0 Å². The first-order valence-corrected chi connectivity index (χ1v) is 5.95. The molecule has 16 heavy (non-hydrogen) atoms. The van der Waals surface area contributed by atoms with Crippen LogP contribution in [0.4, 0.5) is 8.78 Å². The minimum atomic E-state index is -2.70. The van der Waals surface area contributed by atoms with Gasteiger partial charge in [-0.1, -0.05) is 11.6 Å². The van der Waals surface area contributed by atoms with Crippen LogP contribution in [0.15, 0.2) is 11.6 Å². The van der Waals surface area contributed by atoms with Gasteiger partial charge in [-0.15, -0.1) is 22.9 Å². The molecule has 8 heteroatoms. The summed E-state index contributed by atoms with van der Waals surface area (Å²) < 4.78 is 26.5. The van der Waals surface area contributed by atoms with E-state index in [1.54, 1.807) is 11.6 Å². The van der Waals surface area contributed by atoms with Crippen molar-refractivity contribution in [2.24, 2.45) is 0 Å². The third-order valence-electron chi connectivity index (χ3n) is 1.89. The van der Waals surface area contributed by atoms with Gasteiger partial charge in [-0.05, 0) is 0 Å². The lowest BCUT2D eigenvalue weighted by Gasteiger charge is -1.96. The molecule has 0 saturated heterocycles. The van der Waals surface area contributed by atoms with Crippen LogP contribution < -0.4 is 0 Å². The summed E-state index contributed by atoms with van der Waals surface area (Å²) in [4.78, 5) is 3.94. The summed E-state index contributed by atoms with van der Waals surface area (Å²) in [5.41, 5.74) is -0.247. The lowest BCUT2D eigenvalue weighted by molar-refractivity contribution is 0.144. The van der Waals surface area contributed by atoms with Crippen molar-refractivity contribution in [2.75, 3.05) is 0 Å². The molecule has 2 aromatic heterocycles. The maximum atomic E-state index is 12.6. The highest BCUT2D eigenvalue weighted by Gasteiger charge is 2.23. The Hall–Kier alpha value is -0.720. The monoisotopic (exact) mass is 283 g/mol. The first kappa shape index (κ1) is 11.8. The molecule has 0 bridgehead atoms. The number of halogens is 4. The molecule has 0 aliphatic carbocycles. The summed E-state index contributed by atoms with van der Waals surface area (Å²) in [5, 5.41) is 5.94. The van der Waals surface area contributed by atoms with Gasteiger partial charge in [0.05, 0.1) is 5.88 Å². The van der Waals surface area contributed by atoms with Crippen molar-refractivity contribution in [2.45, 2.75) is 12.3 Å². The molecule has 0 aliphatic heterocycles. The lowest BCUT2D eigenvalue weighted by Crippen LogP contribution is -1.96. The van der Waals surface area contributed by atoms with Gasteiger partial charge in [-0.3, -0.25) is 0 Å². The molecule has 2 heterocycles. The summed E-state index contributed by atoms with van der Waals surface area (Å²) in [6.45, 7) is 0. The highest BCUT2D eigenvalue weighted by molar-refractivity contribution is 7.12. The van der Waals surface area contributed by atoms with Crippen molar-refractivity contribution in [1.29, 1.82) is 0 Å². The van der Waals surface area contributed by atoms with E-state index < -0.39 is 12.1 Å². The summed E-state index contributed by atoms with van der Waals surface area (Å²) in [6, 6.07) is 0. The molecule has 0 N–H and O–H groups in total. The van der Waals surface area contributed by atoms with E-state index in [0.29, 0.717) is 5.13 Å². The zero-order chi connectivity index (χ0) is 11.7. The number of aromatic nitrogens is 3. The molecule has 0 amide bonds. The van der Waals surface area contributed by atoms with Gasteiger partial charge in [0.25, 0.3) is 6.43 Å². The molecule has 0 unspecified atom stereocenters. The molecule has 0 saturated carbocycles. The highest BCUT2D eigenvalue weighted by atomic mass is 35.5. The Labute approximate surface area is 104 Å². The molecule has 0 fully saturated rings. The van der Waals surface area contributed by atoms with Crippen molar-refractivity contribution in [1.82, 2.24) is 14.8 Å². The zero-order valence-corrected chi connectivity index (χ0v) is 10.0. The molecule has 0 aromatic carbocycles. The predicted octanol–water partition coefficient (Wildman–Crippen LogP) is 3.66. The summed E-state index contributed by atoms with van der Waals surface area (Å²) in [6.07, 6.45) is -1.16. The predicted molar refractivity (Wildman–Crippen MR) is 58.8 cm³/mol. The molecule has 0 spiro atoms. The molecular weight excluding hydrogens is 279 g/mol. The van der Waals surface area contributed by atoms with Crippen LogP contribution in [-0.4, -0.2) is 14.8 Å². The third-order valence-corrected chi connectivity index (χ3v) is 3.30. The molecule has 2 aromatic rings. The smallest absolute Gasteiger partial charge is 0.227 e. The van der Waals surface area contributed by atoms with Gasteiger partial charge in [0.15, 0.2) is 0 Å². The summed E-state index contributed by atoms with van der Waals surface area (Å²) in [7, 11) is 0. The van der Waals surface area contributed by atoms with Crippen molar-refractivity contribution in [3.63, 3.8) is 0 Å². The molecule has 0 atom stereocenters.